The summed E-state index contributed by atoms with van der Waals surface area (Å²) in [5.74, 6) is -0.622. The van der Waals surface area contributed by atoms with Crippen LogP contribution in [-0.4, -0.2) is 69.4 Å². The van der Waals surface area contributed by atoms with E-state index in [0.29, 0.717) is 23.9 Å². The molecule has 0 saturated heterocycles. The summed E-state index contributed by atoms with van der Waals surface area (Å²) in [5, 5.41) is 3.01. The average Bonchev–Trinajstić information content (AvgIpc) is 3.40. The van der Waals surface area contributed by atoms with Crippen molar-refractivity contribution in [1.82, 2.24) is 5.32 Å². The van der Waals surface area contributed by atoms with Crippen molar-refractivity contribution in [2.45, 2.75) is 296 Å². The highest BCUT2D eigenvalue weighted by Crippen LogP contribution is 2.38. The molecule has 452 valence electrons. The number of amides is 1. The van der Waals surface area contributed by atoms with Gasteiger partial charge in [0.15, 0.2) is 0 Å². The summed E-state index contributed by atoms with van der Waals surface area (Å²) in [5.41, 5.74) is 0. The molecule has 0 radical (unpaired) electrons. The molecule has 0 rings (SSSR count). The van der Waals surface area contributed by atoms with Gasteiger partial charge >= 0.3 is 5.97 Å². The molecule has 78 heavy (non-hydrogen) atoms. The molecule has 3 atom stereocenters. The van der Waals surface area contributed by atoms with E-state index in [1.165, 1.54) is 167 Å². The van der Waals surface area contributed by atoms with Gasteiger partial charge in [-0.2, -0.15) is 0 Å². The Morgan fingerprint density at radius 3 is 1.22 bits per heavy atom. The van der Waals surface area contributed by atoms with Gasteiger partial charge in [-0.15, -0.1) is 0 Å². The molecule has 0 bridgehead atoms. The first-order valence-electron chi connectivity index (χ1n) is 32.4. The number of nitrogens with zero attached hydrogens (tertiary/aromatic N) is 1. The highest BCUT2D eigenvalue weighted by Gasteiger charge is 2.27. The van der Waals surface area contributed by atoms with Crippen LogP contribution in [0, 0.1) is 0 Å². The average molecular weight is 1110 g/mol. The topological polar surface area (TPSA) is 114 Å². The zero-order chi connectivity index (χ0) is 57.2. The molecule has 0 fully saturated rings. The number of phosphoric ester groups is 1. The second kappa shape index (κ2) is 57.4. The Morgan fingerprint density at radius 2 is 0.795 bits per heavy atom. The number of likely N-dealkylation sites (N-methyl/N-ethyl adjacent to an activating group) is 1. The molecule has 9 nitrogen and oxygen atoms in total. The summed E-state index contributed by atoms with van der Waals surface area (Å²) < 4.78 is 30.2. The summed E-state index contributed by atoms with van der Waals surface area (Å²) in [4.78, 5) is 39.9. The summed E-state index contributed by atoms with van der Waals surface area (Å²) >= 11 is 0. The lowest BCUT2D eigenvalue weighted by Crippen LogP contribution is -2.47. The molecule has 10 heteroatoms. The first-order valence-corrected chi connectivity index (χ1v) is 33.9. The highest BCUT2D eigenvalue weighted by atomic mass is 31.2. The second-order valence-electron chi connectivity index (χ2n) is 22.9. The van der Waals surface area contributed by atoms with E-state index in [1.807, 2.05) is 39.4 Å². The van der Waals surface area contributed by atoms with Crippen LogP contribution in [0.25, 0.3) is 0 Å². The van der Waals surface area contributed by atoms with E-state index in [0.717, 1.165) is 77.0 Å². The van der Waals surface area contributed by atoms with Crippen LogP contribution >= 0.6 is 7.82 Å². The van der Waals surface area contributed by atoms with Gasteiger partial charge in [0.2, 0.25) is 5.91 Å². The molecule has 0 aromatic carbocycles. The number of phosphoric acid groups is 1. The van der Waals surface area contributed by atoms with Crippen LogP contribution in [0.5, 0.6) is 0 Å². The third-order valence-electron chi connectivity index (χ3n) is 14.1. The summed E-state index contributed by atoms with van der Waals surface area (Å²) in [7, 11) is 1.15. The fourth-order valence-electron chi connectivity index (χ4n) is 9.03. The zero-order valence-electron chi connectivity index (χ0n) is 51.6. The predicted molar refractivity (Wildman–Crippen MR) is 335 cm³/mol. The molecule has 0 aromatic rings. The standard InChI is InChI=1S/C68H123N2O7P/c1-7-10-13-16-19-22-25-28-29-30-31-32-33-34-35-36-37-38-39-40-41-43-45-48-51-54-57-60-67(71)69-65(64-76-78(73,74)75-63-62-70(4,5)6)66(59-56-53-50-47-44-27-24-21-18-15-12-9-3)77-68(72)61-58-55-52-49-46-42-26-23-20-17-14-11-8-2/h19,22,28-29,31-32,34-35,42,46,52,55-56,59,65-66H,7-18,20-21,23-27,30,33,36-41,43-45,47-51,53-54,57-58,60-64H2,1-6H3,(H-,69,71,73,74)/b22-19-,29-28-,32-31-,35-34-,46-42-,55-52+,59-56-. The van der Waals surface area contributed by atoms with Gasteiger partial charge in [-0.3, -0.25) is 14.2 Å². The van der Waals surface area contributed by atoms with E-state index >= 15 is 0 Å². The number of unbranched alkanes of at least 4 members (excludes halogenated alkanes) is 30. The Labute approximate surface area is 482 Å². The largest absolute Gasteiger partial charge is 0.756 e. The summed E-state index contributed by atoms with van der Waals surface area (Å²) in [6, 6.07) is -0.915. The number of rotatable bonds is 58. The minimum absolute atomic E-state index is 0.0330. The molecule has 1 N–H and O–H groups in total. The van der Waals surface area contributed by atoms with E-state index in [1.54, 1.807) is 0 Å². The molecule has 0 aromatic heterocycles. The van der Waals surface area contributed by atoms with Gasteiger partial charge in [-0.05, 0) is 96.0 Å². The van der Waals surface area contributed by atoms with Crippen LogP contribution in [0.2, 0.25) is 0 Å². The summed E-state index contributed by atoms with van der Waals surface area (Å²) in [6.45, 7) is 6.77. The SMILES string of the molecule is CCCCC/C=C\C/C=C\C/C=C\C/C=C\CCCCCCCCCCCCCC(=O)NC(COP(=O)([O-])OCC[N+](C)(C)C)C(/C=C\CCCCCCCCCCCC)OC(=O)CC/C=C/C/C=C\CCCCCCCC. The lowest BCUT2D eigenvalue weighted by Gasteiger charge is -2.30. The highest BCUT2D eigenvalue weighted by molar-refractivity contribution is 7.45. The van der Waals surface area contributed by atoms with Crippen molar-refractivity contribution in [2.75, 3.05) is 40.9 Å². The van der Waals surface area contributed by atoms with Crippen LogP contribution < -0.4 is 10.2 Å². The number of hydrogen-bond acceptors (Lipinski definition) is 7. The van der Waals surface area contributed by atoms with Crippen LogP contribution in [0.4, 0.5) is 0 Å². The predicted octanol–water partition coefficient (Wildman–Crippen LogP) is 19.5. The van der Waals surface area contributed by atoms with Crippen LogP contribution in [0.3, 0.4) is 0 Å². The maximum absolute atomic E-state index is 13.5. The number of allylic oxidation sites excluding steroid dienone is 13. The Morgan fingerprint density at radius 1 is 0.449 bits per heavy atom. The zero-order valence-corrected chi connectivity index (χ0v) is 52.5. The monoisotopic (exact) mass is 1110 g/mol. The first-order chi connectivity index (χ1) is 37.9. The normalized spacial score (nSPS) is 14.2. The molecular weight excluding hydrogens is 988 g/mol. The second-order valence-corrected chi connectivity index (χ2v) is 24.3. The van der Waals surface area contributed by atoms with E-state index in [2.05, 4.69) is 92.9 Å². The van der Waals surface area contributed by atoms with Gasteiger partial charge in [-0.1, -0.05) is 260 Å². The van der Waals surface area contributed by atoms with Gasteiger partial charge in [-0.25, -0.2) is 0 Å². The molecule has 0 spiro atoms. The molecule has 3 unspecified atom stereocenters. The number of carbonyl (C=O) groups excluding carboxylic acids is 2. The molecular formula is C68H123N2O7P. The summed E-state index contributed by atoms with van der Waals surface area (Å²) in [6.07, 6.45) is 75.7. The van der Waals surface area contributed by atoms with Crippen LogP contribution in [-0.2, 0) is 27.9 Å². The van der Waals surface area contributed by atoms with Crippen molar-refractivity contribution in [3.05, 3.63) is 85.1 Å². The fraction of sp³-hybridized carbons (Fsp3) is 0.765. The van der Waals surface area contributed by atoms with Gasteiger partial charge in [0, 0.05) is 12.8 Å². The van der Waals surface area contributed by atoms with Crippen molar-refractivity contribution >= 4 is 19.7 Å². The first kappa shape index (κ1) is 75.2. The van der Waals surface area contributed by atoms with Crippen molar-refractivity contribution < 1.29 is 37.3 Å². The van der Waals surface area contributed by atoms with E-state index in [4.69, 9.17) is 13.8 Å². The third kappa shape index (κ3) is 57.9. The minimum Gasteiger partial charge on any atom is -0.756 e. The number of esters is 1. The number of nitrogens with one attached hydrogen (secondary N) is 1. The van der Waals surface area contributed by atoms with Crippen molar-refractivity contribution in [1.29, 1.82) is 0 Å². The van der Waals surface area contributed by atoms with Crippen LogP contribution in [0.15, 0.2) is 85.1 Å². The number of quaternary nitrogens is 1. The number of ether oxygens (including phenoxy) is 1. The van der Waals surface area contributed by atoms with Crippen molar-refractivity contribution in [3.63, 3.8) is 0 Å². The number of hydrogen-bond donors (Lipinski definition) is 1. The lowest BCUT2D eigenvalue weighted by molar-refractivity contribution is -0.870. The van der Waals surface area contributed by atoms with Crippen LogP contribution in [0.1, 0.15) is 284 Å². The Kier molecular flexibility index (Phi) is 55.4. The smallest absolute Gasteiger partial charge is 0.306 e. The van der Waals surface area contributed by atoms with Crippen molar-refractivity contribution in [3.8, 4) is 0 Å². The van der Waals surface area contributed by atoms with E-state index in [-0.39, 0.29) is 18.9 Å². The molecule has 0 saturated carbocycles. The lowest BCUT2D eigenvalue weighted by atomic mass is 10.0. The quantitative estimate of drug-likeness (QED) is 0.0212. The van der Waals surface area contributed by atoms with E-state index < -0.39 is 32.5 Å². The third-order valence-corrected chi connectivity index (χ3v) is 15.0. The Balaban J connectivity index is 5.11. The van der Waals surface area contributed by atoms with Gasteiger partial charge in [0.1, 0.15) is 19.3 Å². The van der Waals surface area contributed by atoms with Gasteiger partial charge < -0.3 is 28.5 Å². The number of carbonyl (C=O) groups is 2. The molecule has 0 aliphatic rings. The minimum atomic E-state index is -4.71. The molecule has 1 amide bonds. The van der Waals surface area contributed by atoms with Gasteiger partial charge in [0.05, 0.1) is 33.8 Å². The fourth-order valence-corrected chi connectivity index (χ4v) is 9.75. The Hall–Kier alpha value is -2.81. The van der Waals surface area contributed by atoms with Gasteiger partial charge in [0.25, 0.3) is 7.82 Å². The molecule has 0 heterocycles. The maximum Gasteiger partial charge on any atom is 0.306 e. The molecule has 0 aliphatic heterocycles. The molecule has 0 aliphatic carbocycles. The maximum atomic E-state index is 13.5. The van der Waals surface area contributed by atoms with Crippen molar-refractivity contribution in [2.24, 2.45) is 0 Å². The Bertz CT molecular complexity index is 1610. The van der Waals surface area contributed by atoms with E-state index in [9.17, 15) is 19.0 Å².